The van der Waals surface area contributed by atoms with Crippen molar-refractivity contribution in [2.45, 2.75) is 13.8 Å². The molecule has 15 heavy (non-hydrogen) atoms. The third kappa shape index (κ3) is 1.96. The summed E-state index contributed by atoms with van der Waals surface area (Å²) in [5, 5.41) is 27.8. The van der Waals surface area contributed by atoms with Gasteiger partial charge < -0.3 is 20.1 Å². The quantitative estimate of drug-likeness (QED) is 0.508. The van der Waals surface area contributed by atoms with Gasteiger partial charge in [0.05, 0.1) is 6.61 Å². The van der Waals surface area contributed by atoms with Crippen LogP contribution in [0.5, 0.6) is 17.2 Å². The van der Waals surface area contributed by atoms with Crippen molar-refractivity contribution in [3.05, 3.63) is 17.2 Å². The Morgan fingerprint density at radius 1 is 1.33 bits per heavy atom. The fourth-order valence-corrected chi connectivity index (χ4v) is 1.23. The van der Waals surface area contributed by atoms with Crippen molar-refractivity contribution in [3.8, 4) is 17.2 Å². The van der Waals surface area contributed by atoms with Crippen LogP contribution in [0.2, 0.25) is 0 Å². The first-order chi connectivity index (χ1) is 6.99. The van der Waals surface area contributed by atoms with E-state index in [0.717, 1.165) is 0 Å². The predicted molar refractivity (Wildman–Crippen MR) is 52.1 cm³/mol. The second-order valence-electron chi connectivity index (χ2n) is 3.01. The molecule has 0 unspecified atom stereocenters. The van der Waals surface area contributed by atoms with Crippen LogP contribution < -0.4 is 0 Å². The van der Waals surface area contributed by atoms with Gasteiger partial charge in [-0.3, -0.25) is 0 Å². The van der Waals surface area contributed by atoms with Crippen LogP contribution in [0.25, 0.3) is 0 Å². The highest BCUT2D eigenvalue weighted by Gasteiger charge is 2.21. The number of ether oxygens (including phenoxy) is 1. The highest BCUT2D eigenvalue weighted by atomic mass is 16.5. The number of hydrogen-bond acceptors (Lipinski definition) is 5. The Balaban J connectivity index is 3.29. The highest BCUT2D eigenvalue weighted by molar-refractivity contribution is 5.95. The monoisotopic (exact) mass is 212 g/mol. The summed E-state index contributed by atoms with van der Waals surface area (Å²) in [7, 11) is 0. The third-order valence-corrected chi connectivity index (χ3v) is 1.93. The molecule has 0 heterocycles. The first kappa shape index (κ1) is 11.2. The van der Waals surface area contributed by atoms with Gasteiger partial charge in [0.1, 0.15) is 5.56 Å². The van der Waals surface area contributed by atoms with Gasteiger partial charge in [-0.25, -0.2) is 4.79 Å². The van der Waals surface area contributed by atoms with E-state index in [4.69, 9.17) is 9.84 Å². The molecule has 5 nitrogen and oxygen atoms in total. The normalized spacial score (nSPS) is 10.0. The fraction of sp³-hybridized carbons (Fsp3) is 0.300. The Hall–Kier alpha value is -1.91. The molecule has 0 amide bonds. The van der Waals surface area contributed by atoms with Crippen LogP contribution in [0.3, 0.4) is 0 Å². The first-order valence-electron chi connectivity index (χ1n) is 4.40. The zero-order chi connectivity index (χ0) is 11.6. The maximum atomic E-state index is 11.4. The van der Waals surface area contributed by atoms with Crippen molar-refractivity contribution in [2.24, 2.45) is 0 Å². The van der Waals surface area contributed by atoms with Crippen LogP contribution in [0.15, 0.2) is 6.07 Å². The van der Waals surface area contributed by atoms with Gasteiger partial charge in [0.2, 0.25) is 5.75 Å². The van der Waals surface area contributed by atoms with Crippen LogP contribution in [0.4, 0.5) is 0 Å². The molecule has 0 bridgehead atoms. The molecule has 0 aliphatic rings. The molecule has 0 spiro atoms. The maximum absolute atomic E-state index is 11.4. The zero-order valence-corrected chi connectivity index (χ0v) is 8.44. The molecule has 0 fully saturated rings. The predicted octanol–water partition coefficient (Wildman–Crippen LogP) is 1.29. The first-order valence-corrected chi connectivity index (χ1v) is 4.40. The van der Waals surface area contributed by atoms with Gasteiger partial charge in [0.25, 0.3) is 0 Å². The standard InChI is InChI=1S/C10H12O5/c1-3-15-10(14)7-5(2)4-6(11)8(12)9(7)13/h4,11-13H,3H2,1-2H3. The molecule has 1 aromatic rings. The molecule has 0 saturated heterocycles. The largest absolute Gasteiger partial charge is 0.504 e. The molecule has 5 heteroatoms. The van der Waals surface area contributed by atoms with Crippen LogP contribution >= 0.6 is 0 Å². The van der Waals surface area contributed by atoms with Crippen molar-refractivity contribution >= 4 is 5.97 Å². The molecular formula is C10H12O5. The Bertz CT molecular complexity index is 397. The van der Waals surface area contributed by atoms with Crippen molar-refractivity contribution in [1.29, 1.82) is 0 Å². The molecule has 0 aliphatic heterocycles. The highest BCUT2D eigenvalue weighted by Crippen LogP contribution is 2.39. The van der Waals surface area contributed by atoms with E-state index in [2.05, 4.69) is 0 Å². The van der Waals surface area contributed by atoms with Crippen molar-refractivity contribution in [1.82, 2.24) is 0 Å². The number of carbonyl (C=O) groups is 1. The molecule has 3 N–H and O–H groups in total. The average Bonchev–Trinajstić information content (AvgIpc) is 2.15. The number of carbonyl (C=O) groups excluding carboxylic acids is 1. The van der Waals surface area contributed by atoms with E-state index in [1.807, 2.05) is 0 Å². The number of esters is 1. The second-order valence-corrected chi connectivity index (χ2v) is 3.01. The summed E-state index contributed by atoms with van der Waals surface area (Å²) in [5.41, 5.74) is 0.202. The minimum absolute atomic E-state index is 0.132. The van der Waals surface area contributed by atoms with Gasteiger partial charge >= 0.3 is 5.97 Å². The smallest absolute Gasteiger partial charge is 0.342 e. The molecule has 0 radical (unpaired) electrons. The van der Waals surface area contributed by atoms with Gasteiger partial charge in [-0.15, -0.1) is 0 Å². The Kier molecular flexibility index (Phi) is 3.04. The molecule has 1 aromatic carbocycles. The number of aryl methyl sites for hydroxylation is 1. The summed E-state index contributed by atoms with van der Waals surface area (Å²) < 4.78 is 4.69. The minimum atomic E-state index is -0.734. The lowest BCUT2D eigenvalue weighted by Crippen LogP contribution is -2.07. The van der Waals surface area contributed by atoms with Crippen molar-refractivity contribution in [3.63, 3.8) is 0 Å². The van der Waals surface area contributed by atoms with E-state index in [1.54, 1.807) is 6.92 Å². The number of aromatic hydroxyl groups is 3. The molecule has 0 atom stereocenters. The van der Waals surface area contributed by atoms with E-state index in [9.17, 15) is 15.0 Å². The van der Waals surface area contributed by atoms with Gasteiger partial charge in [-0.1, -0.05) is 0 Å². The van der Waals surface area contributed by atoms with Crippen LogP contribution in [-0.4, -0.2) is 27.9 Å². The van der Waals surface area contributed by atoms with E-state index < -0.39 is 23.2 Å². The zero-order valence-electron chi connectivity index (χ0n) is 8.44. The molecule has 1 rings (SSSR count). The topological polar surface area (TPSA) is 87.0 Å². The minimum Gasteiger partial charge on any atom is -0.504 e. The molecule has 0 aliphatic carbocycles. The van der Waals surface area contributed by atoms with Crippen molar-refractivity contribution < 1.29 is 24.9 Å². The van der Waals surface area contributed by atoms with E-state index >= 15 is 0 Å². The number of hydrogen-bond donors (Lipinski definition) is 3. The fourth-order valence-electron chi connectivity index (χ4n) is 1.23. The number of phenols is 3. The molecular weight excluding hydrogens is 200 g/mol. The van der Waals surface area contributed by atoms with Gasteiger partial charge in [0, 0.05) is 0 Å². The summed E-state index contributed by atoms with van der Waals surface area (Å²) in [6, 6.07) is 1.18. The number of rotatable bonds is 2. The average molecular weight is 212 g/mol. The lowest BCUT2D eigenvalue weighted by Gasteiger charge is -2.09. The summed E-state index contributed by atoms with van der Waals surface area (Å²) in [4.78, 5) is 11.4. The summed E-state index contributed by atoms with van der Waals surface area (Å²) in [6.07, 6.45) is 0. The summed E-state index contributed by atoms with van der Waals surface area (Å²) >= 11 is 0. The maximum Gasteiger partial charge on any atom is 0.342 e. The molecule has 0 aromatic heterocycles. The second kappa shape index (κ2) is 4.08. The van der Waals surface area contributed by atoms with Crippen LogP contribution in [-0.2, 0) is 4.74 Å². The van der Waals surface area contributed by atoms with Crippen LogP contribution in [0.1, 0.15) is 22.8 Å². The number of benzene rings is 1. The summed E-state index contributed by atoms with van der Waals surface area (Å²) in [5.74, 6) is -2.59. The Labute approximate surface area is 86.5 Å². The number of phenolic OH excluding ortho intramolecular Hbond substituents is 3. The Morgan fingerprint density at radius 2 is 1.93 bits per heavy atom. The van der Waals surface area contributed by atoms with Gasteiger partial charge in [-0.2, -0.15) is 0 Å². The van der Waals surface area contributed by atoms with Gasteiger partial charge in [0.15, 0.2) is 11.5 Å². The van der Waals surface area contributed by atoms with Gasteiger partial charge in [-0.05, 0) is 25.5 Å². The molecule has 0 saturated carbocycles. The van der Waals surface area contributed by atoms with Crippen LogP contribution in [0, 0.1) is 6.92 Å². The third-order valence-electron chi connectivity index (χ3n) is 1.93. The Morgan fingerprint density at radius 3 is 2.47 bits per heavy atom. The van der Waals surface area contributed by atoms with E-state index in [0.29, 0.717) is 5.56 Å². The van der Waals surface area contributed by atoms with Crippen molar-refractivity contribution in [2.75, 3.05) is 6.61 Å². The van der Waals surface area contributed by atoms with E-state index in [-0.39, 0.29) is 12.2 Å². The SMILES string of the molecule is CCOC(=O)c1c(C)cc(O)c(O)c1O. The molecule has 82 valence electrons. The van der Waals surface area contributed by atoms with E-state index in [1.165, 1.54) is 13.0 Å². The lowest BCUT2D eigenvalue weighted by atomic mass is 10.1. The lowest BCUT2D eigenvalue weighted by molar-refractivity contribution is 0.0521. The summed E-state index contributed by atoms with van der Waals surface area (Å²) in [6.45, 7) is 3.31.